The van der Waals surface area contributed by atoms with Crippen LogP contribution in [0.15, 0.2) is 0 Å². The minimum absolute atomic E-state index is 0.0267. The summed E-state index contributed by atoms with van der Waals surface area (Å²) in [5, 5.41) is 36.3. The molecule has 0 spiro atoms. The van der Waals surface area contributed by atoms with Crippen LogP contribution < -0.4 is 21.3 Å². The molecule has 0 aromatic heterocycles. The highest BCUT2D eigenvalue weighted by Crippen LogP contribution is 2.03. The number of ketones is 1. The first-order valence-electron chi connectivity index (χ1n) is 10.3. The van der Waals surface area contributed by atoms with Crippen molar-refractivity contribution in [1.82, 2.24) is 21.3 Å². The van der Waals surface area contributed by atoms with Gasteiger partial charge in [-0.2, -0.15) is 0 Å². The fraction of sp³-hybridized carbons (Fsp3) is 0.706. The number of carboxylic acids is 1. The van der Waals surface area contributed by atoms with Crippen LogP contribution in [0.5, 0.6) is 0 Å². The molecule has 0 aliphatic rings. The van der Waals surface area contributed by atoms with Gasteiger partial charge in [0.05, 0.1) is 0 Å². The second-order valence-corrected chi connectivity index (χ2v) is 6.97. The molecule has 0 rings (SSSR count). The second-order valence-electron chi connectivity index (χ2n) is 6.97. The van der Waals surface area contributed by atoms with Crippen molar-refractivity contribution < 1.29 is 48.9 Å². The zero-order valence-corrected chi connectivity index (χ0v) is 18.9. The minimum Gasteiger partial charge on any atom is -0.481 e. The Balaban J connectivity index is 4.64. The molecule has 0 fully saturated rings. The molecule has 0 radical (unpaired) electrons. The lowest BCUT2D eigenvalue weighted by Crippen LogP contribution is -2.50. The molecule has 0 bridgehead atoms. The molecule has 0 aliphatic heterocycles. The van der Waals surface area contributed by atoms with Gasteiger partial charge in [0.1, 0.15) is 18.8 Å². The SMILES string of the molecule is CC(=O)C(=O)N[C@@H](CCCCNC(=O)NCCCC(=O)O)C(=O)NC[C@H](CO[N+](=O)[O-])O[N+](=O)[O-]. The van der Waals surface area contributed by atoms with Crippen LogP contribution >= 0.6 is 0 Å². The lowest BCUT2D eigenvalue weighted by Gasteiger charge is -2.20. The molecule has 18 heteroatoms. The van der Waals surface area contributed by atoms with Gasteiger partial charge in [-0.15, -0.1) is 20.2 Å². The van der Waals surface area contributed by atoms with E-state index in [9.17, 15) is 44.2 Å². The topological polar surface area (TPSA) is 258 Å². The molecule has 0 aliphatic carbocycles. The normalized spacial score (nSPS) is 11.8. The third-order valence-corrected chi connectivity index (χ3v) is 4.10. The predicted octanol–water partition coefficient (Wildman–Crippen LogP) is -1.70. The third kappa shape index (κ3) is 17.0. The van der Waals surface area contributed by atoms with Crippen molar-refractivity contribution in [2.45, 2.75) is 51.2 Å². The number of carbonyl (C=O) groups excluding carboxylic acids is 4. The highest BCUT2D eigenvalue weighted by Gasteiger charge is 2.24. The largest absolute Gasteiger partial charge is 0.481 e. The fourth-order valence-electron chi connectivity index (χ4n) is 2.44. The smallest absolute Gasteiger partial charge is 0.314 e. The summed E-state index contributed by atoms with van der Waals surface area (Å²) >= 11 is 0. The molecule has 0 aromatic carbocycles. The summed E-state index contributed by atoms with van der Waals surface area (Å²) in [4.78, 5) is 86.3. The van der Waals surface area contributed by atoms with Crippen molar-refractivity contribution in [2.24, 2.45) is 0 Å². The van der Waals surface area contributed by atoms with E-state index in [0.29, 0.717) is 12.8 Å². The number of aliphatic carboxylic acids is 1. The molecule has 0 aromatic rings. The van der Waals surface area contributed by atoms with Crippen LogP contribution in [-0.4, -0.2) is 83.3 Å². The predicted molar refractivity (Wildman–Crippen MR) is 113 cm³/mol. The van der Waals surface area contributed by atoms with E-state index < -0.39 is 65.1 Å². The van der Waals surface area contributed by atoms with Crippen LogP contribution in [0.1, 0.15) is 39.0 Å². The number of carboxylic acid groups (broad SMARTS) is 1. The third-order valence-electron chi connectivity index (χ3n) is 4.10. The van der Waals surface area contributed by atoms with Crippen LogP contribution in [-0.2, 0) is 28.9 Å². The van der Waals surface area contributed by atoms with Crippen LogP contribution in [0.25, 0.3) is 0 Å². The molecular formula is C17H28N6O12. The molecule has 198 valence electrons. The fourth-order valence-corrected chi connectivity index (χ4v) is 2.44. The Morgan fingerprint density at radius 3 is 2.11 bits per heavy atom. The maximum atomic E-state index is 12.4. The van der Waals surface area contributed by atoms with Crippen molar-refractivity contribution in [3.05, 3.63) is 20.2 Å². The van der Waals surface area contributed by atoms with E-state index in [-0.39, 0.29) is 32.4 Å². The first-order chi connectivity index (χ1) is 16.4. The Bertz CT molecular complexity index is 777. The molecule has 0 unspecified atom stereocenters. The summed E-state index contributed by atoms with van der Waals surface area (Å²) in [6.45, 7) is -0.0618. The lowest BCUT2D eigenvalue weighted by atomic mass is 10.1. The number of Topliss-reactive ketones (excluding diaryl/α,β-unsaturated/α-hetero) is 1. The summed E-state index contributed by atoms with van der Waals surface area (Å²) in [5.41, 5.74) is 0. The summed E-state index contributed by atoms with van der Waals surface area (Å²) < 4.78 is 0. The van der Waals surface area contributed by atoms with Crippen molar-refractivity contribution in [2.75, 3.05) is 26.2 Å². The van der Waals surface area contributed by atoms with Gasteiger partial charge in [0.15, 0.2) is 0 Å². The summed E-state index contributed by atoms with van der Waals surface area (Å²) in [6.07, 6.45) is -0.639. The average Bonchev–Trinajstić information content (AvgIpc) is 2.76. The molecule has 5 N–H and O–H groups in total. The van der Waals surface area contributed by atoms with Gasteiger partial charge < -0.3 is 36.0 Å². The quantitative estimate of drug-likeness (QED) is 0.0565. The number of carbonyl (C=O) groups is 5. The number of nitrogens with zero attached hydrogens (tertiary/aromatic N) is 2. The zero-order chi connectivity index (χ0) is 26.8. The second kappa shape index (κ2) is 17.3. The number of unbranched alkanes of at least 4 members (excludes halogenated alkanes) is 1. The molecular weight excluding hydrogens is 480 g/mol. The number of urea groups is 1. The molecule has 0 saturated carbocycles. The highest BCUT2D eigenvalue weighted by molar-refractivity contribution is 6.35. The van der Waals surface area contributed by atoms with E-state index >= 15 is 0 Å². The van der Waals surface area contributed by atoms with E-state index in [1.807, 2.05) is 0 Å². The van der Waals surface area contributed by atoms with Gasteiger partial charge in [-0.1, -0.05) is 0 Å². The highest BCUT2D eigenvalue weighted by atomic mass is 17.0. The van der Waals surface area contributed by atoms with Crippen molar-refractivity contribution in [1.29, 1.82) is 0 Å². The molecule has 4 amide bonds. The summed E-state index contributed by atoms with van der Waals surface area (Å²) in [5.74, 6) is -3.72. The maximum Gasteiger partial charge on any atom is 0.314 e. The molecule has 0 saturated heterocycles. The first kappa shape index (κ1) is 30.8. The standard InChI is InChI=1S/C17H28N6O12/c1-11(24)15(27)21-13(5-2-3-7-18-17(29)19-8-4-6-14(25)26)16(28)20-9-12(35-23(32)33)10-34-22(30)31/h12-13H,2-10H2,1H3,(H,20,28)(H,21,27)(H,25,26)(H2,18,19,29)/t12-,13+/m1/s1. The van der Waals surface area contributed by atoms with Gasteiger partial charge in [0, 0.05) is 33.0 Å². The Kier molecular flexibility index (Phi) is 15.2. The number of amides is 4. The van der Waals surface area contributed by atoms with Crippen LogP contribution in [0.4, 0.5) is 4.79 Å². The van der Waals surface area contributed by atoms with E-state index in [1.165, 1.54) is 0 Å². The van der Waals surface area contributed by atoms with E-state index in [2.05, 4.69) is 30.9 Å². The molecule has 0 heterocycles. The molecule has 35 heavy (non-hydrogen) atoms. The Labute approximate surface area is 198 Å². The van der Waals surface area contributed by atoms with E-state index in [4.69, 9.17) is 5.11 Å². The number of hydrogen-bond acceptors (Lipinski definition) is 11. The first-order valence-corrected chi connectivity index (χ1v) is 10.3. The van der Waals surface area contributed by atoms with Gasteiger partial charge in [-0.05, 0) is 25.7 Å². The van der Waals surface area contributed by atoms with Gasteiger partial charge in [0.2, 0.25) is 11.7 Å². The number of rotatable bonds is 19. The van der Waals surface area contributed by atoms with Crippen LogP contribution in [0, 0.1) is 20.2 Å². The van der Waals surface area contributed by atoms with Gasteiger partial charge in [-0.25, -0.2) is 4.79 Å². The van der Waals surface area contributed by atoms with Crippen LogP contribution in [0.3, 0.4) is 0 Å². The average molecular weight is 508 g/mol. The Morgan fingerprint density at radius 2 is 1.57 bits per heavy atom. The number of hydrogen-bond donors (Lipinski definition) is 5. The van der Waals surface area contributed by atoms with Gasteiger partial charge >= 0.3 is 12.0 Å². The van der Waals surface area contributed by atoms with Crippen molar-refractivity contribution in [3.8, 4) is 0 Å². The van der Waals surface area contributed by atoms with E-state index in [1.54, 1.807) is 0 Å². The lowest BCUT2D eigenvalue weighted by molar-refractivity contribution is -0.789. The molecule has 2 atom stereocenters. The monoisotopic (exact) mass is 508 g/mol. The Hall–Kier alpha value is -4.25. The number of nitrogens with one attached hydrogen (secondary N) is 4. The van der Waals surface area contributed by atoms with Crippen LogP contribution in [0.2, 0.25) is 0 Å². The summed E-state index contributed by atoms with van der Waals surface area (Å²) in [7, 11) is 0. The minimum atomic E-state index is -1.51. The summed E-state index contributed by atoms with van der Waals surface area (Å²) in [6, 6.07) is -1.73. The van der Waals surface area contributed by atoms with Crippen molar-refractivity contribution in [3.63, 3.8) is 0 Å². The maximum absolute atomic E-state index is 12.4. The van der Waals surface area contributed by atoms with E-state index in [0.717, 1.165) is 6.92 Å². The van der Waals surface area contributed by atoms with Crippen molar-refractivity contribution >= 4 is 29.6 Å². The van der Waals surface area contributed by atoms with Gasteiger partial charge in [0.25, 0.3) is 16.1 Å². The van der Waals surface area contributed by atoms with Gasteiger partial charge in [-0.3, -0.25) is 19.2 Å². The molecule has 18 nitrogen and oxygen atoms in total. The zero-order valence-electron chi connectivity index (χ0n) is 18.9. The Morgan fingerprint density at radius 1 is 0.943 bits per heavy atom.